The van der Waals surface area contributed by atoms with Crippen molar-refractivity contribution in [2.75, 3.05) is 18.4 Å². The zero-order chi connectivity index (χ0) is 13.1. The molecule has 18 heavy (non-hydrogen) atoms. The zero-order valence-electron chi connectivity index (χ0n) is 9.58. The maximum absolute atomic E-state index is 11.8. The van der Waals surface area contributed by atoms with Gasteiger partial charge in [0, 0.05) is 16.5 Å². The van der Waals surface area contributed by atoms with Gasteiger partial charge in [0.25, 0.3) is 0 Å². The first kappa shape index (κ1) is 13.6. The van der Waals surface area contributed by atoms with Gasteiger partial charge in [-0.1, -0.05) is 11.6 Å². The van der Waals surface area contributed by atoms with Crippen LogP contribution in [0.15, 0.2) is 18.2 Å². The summed E-state index contributed by atoms with van der Waals surface area (Å²) in [5.41, 5.74) is 0.578. The van der Waals surface area contributed by atoms with Crippen LogP contribution in [0.1, 0.15) is 12.8 Å². The van der Waals surface area contributed by atoms with Crippen LogP contribution in [0.5, 0.6) is 0 Å². The molecular weight excluding hydrogens is 367 g/mol. The third kappa shape index (κ3) is 3.35. The molecule has 0 saturated carbocycles. The van der Waals surface area contributed by atoms with Crippen molar-refractivity contribution < 1.29 is 9.59 Å². The zero-order valence-corrected chi connectivity index (χ0v) is 12.5. The predicted molar refractivity (Wildman–Crippen MR) is 78.6 cm³/mol. The van der Waals surface area contributed by atoms with Gasteiger partial charge < -0.3 is 10.2 Å². The number of likely N-dealkylation sites (tertiary alicyclic amines) is 1. The van der Waals surface area contributed by atoms with E-state index in [0.717, 1.165) is 9.99 Å². The highest BCUT2D eigenvalue weighted by molar-refractivity contribution is 14.1. The molecule has 0 spiro atoms. The van der Waals surface area contributed by atoms with E-state index < -0.39 is 0 Å². The predicted octanol–water partition coefficient (Wildman–Crippen LogP) is 2.51. The molecule has 1 heterocycles. The van der Waals surface area contributed by atoms with Crippen LogP contribution in [0.25, 0.3) is 0 Å². The smallest absolute Gasteiger partial charge is 0.244 e. The number of rotatable bonds is 3. The molecule has 1 N–H and O–H groups in total. The van der Waals surface area contributed by atoms with Crippen molar-refractivity contribution in [3.63, 3.8) is 0 Å². The minimum atomic E-state index is -0.214. The molecule has 96 valence electrons. The van der Waals surface area contributed by atoms with Crippen LogP contribution in [0.4, 0.5) is 5.69 Å². The fourth-order valence-electron chi connectivity index (χ4n) is 1.83. The van der Waals surface area contributed by atoms with Gasteiger partial charge in [-0.05, 0) is 47.2 Å². The lowest BCUT2D eigenvalue weighted by Gasteiger charge is -2.15. The van der Waals surface area contributed by atoms with Crippen LogP contribution < -0.4 is 5.32 Å². The summed E-state index contributed by atoms with van der Waals surface area (Å²) < 4.78 is 1.00. The van der Waals surface area contributed by atoms with Crippen molar-refractivity contribution in [1.82, 2.24) is 4.90 Å². The standard InChI is InChI=1S/C12H12ClIN2O2/c13-9-6-8(14)3-4-10(9)15-11(17)7-16-5-1-2-12(16)18/h3-4,6H,1-2,5,7H2,(H,15,17). The SMILES string of the molecule is O=C(CN1CCCC1=O)Nc1ccc(I)cc1Cl. The monoisotopic (exact) mass is 378 g/mol. The molecule has 0 bridgehead atoms. The molecule has 2 amide bonds. The van der Waals surface area contributed by atoms with Gasteiger partial charge in [-0.15, -0.1) is 0 Å². The van der Waals surface area contributed by atoms with E-state index in [1.807, 2.05) is 6.07 Å². The number of carbonyl (C=O) groups is 2. The van der Waals surface area contributed by atoms with Gasteiger partial charge in [0.15, 0.2) is 0 Å². The van der Waals surface area contributed by atoms with Crippen LogP contribution in [-0.4, -0.2) is 29.8 Å². The van der Waals surface area contributed by atoms with E-state index >= 15 is 0 Å². The Hall–Kier alpha value is -0.820. The van der Waals surface area contributed by atoms with Crippen molar-refractivity contribution >= 4 is 51.7 Å². The first-order valence-corrected chi connectivity index (χ1v) is 7.04. The Bertz CT molecular complexity index is 493. The molecule has 0 aliphatic carbocycles. The minimum absolute atomic E-state index is 0.0406. The van der Waals surface area contributed by atoms with E-state index in [1.54, 1.807) is 17.0 Å². The third-order valence-electron chi connectivity index (χ3n) is 2.71. The summed E-state index contributed by atoms with van der Waals surface area (Å²) in [7, 11) is 0. The van der Waals surface area contributed by atoms with Gasteiger partial charge in [-0.25, -0.2) is 0 Å². The number of hydrogen-bond acceptors (Lipinski definition) is 2. The van der Waals surface area contributed by atoms with Crippen LogP contribution in [-0.2, 0) is 9.59 Å². The first-order valence-electron chi connectivity index (χ1n) is 5.59. The average Bonchev–Trinajstić information content (AvgIpc) is 2.69. The lowest BCUT2D eigenvalue weighted by molar-refractivity contribution is -0.131. The summed E-state index contributed by atoms with van der Waals surface area (Å²) in [4.78, 5) is 24.7. The van der Waals surface area contributed by atoms with Crippen molar-refractivity contribution in [1.29, 1.82) is 0 Å². The molecule has 0 atom stereocenters. The number of hydrogen-bond donors (Lipinski definition) is 1. The Morgan fingerprint density at radius 1 is 1.50 bits per heavy atom. The summed E-state index contributed by atoms with van der Waals surface area (Å²) in [6, 6.07) is 5.40. The Balaban J connectivity index is 1.96. The van der Waals surface area contributed by atoms with Gasteiger partial charge in [-0.3, -0.25) is 9.59 Å². The maximum atomic E-state index is 11.8. The summed E-state index contributed by atoms with van der Waals surface area (Å²) >= 11 is 8.17. The van der Waals surface area contributed by atoms with Gasteiger partial charge in [0.2, 0.25) is 11.8 Å². The van der Waals surface area contributed by atoms with E-state index in [0.29, 0.717) is 23.7 Å². The van der Waals surface area contributed by atoms with E-state index in [4.69, 9.17) is 11.6 Å². The fourth-order valence-corrected chi connectivity index (χ4v) is 2.73. The molecule has 0 aromatic heterocycles. The summed E-state index contributed by atoms with van der Waals surface area (Å²) in [6.45, 7) is 0.758. The Morgan fingerprint density at radius 2 is 2.28 bits per heavy atom. The quantitative estimate of drug-likeness (QED) is 0.822. The molecule has 1 fully saturated rings. The maximum Gasteiger partial charge on any atom is 0.244 e. The van der Waals surface area contributed by atoms with Crippen LogP contribution in [0.2, 0.25) is 5.02 Å². The minimum Gasteiger partial charge on any atom is -0.333 e. The lowest BCUT2D eigenvalue weighted by atomic mass is 10.3. The topological polar surface area (TPSA) is 49.4 Å². The van der Waals surface area contributed by atoms with E-state index in [1.165, 1.54) is 0 Å². The second-order valence-corrected chi connectivity index (χ2v) is 5.74. The lowest BCUT2D eigenvalue weighted by Crippen LogP contribution is -2.34. The third-order valence-corrected chi connectivity index (χ3v) is 3.69. The molecule has 1 aliphatic rings. The largest absolute Gasteiger partial charge is 0.333 e. The number of halogens is 2. The van der Waals surface area contributed by atoms with Crippen molar-refractivity contribution in [2.24, 2.45) is 0 Å². The average molecular weight is 379 g/mol. The number of carbonyl (C=O) groups excluding carboxylic acids is 2. The molecule has 2 rings (SSSR count). The summed E-state index contributed by atoms with van der Waals surface area (Å²) in [5.74, 6) is -0.174. The van der Waals surface area contributed by atoms with Gasteiger partial charge >= 0.3 is 0 Å². The first-order chi connectivity index (χ1) is 8.56. The molecule has 0 radical (unpaired) electrons. The number of amides is 2. The number of nitrogens with one attached hydrogen (secondary N) is 1. The second kappa shape index (κ2) is 5.88. The van der Waals surface area contributed by atoms with Gasteiger partial charge in [0.05, 0.1) is 17.3 Å². The van der Waals surface area contributed by atoms with E-state index in [-0.39, 0.29) is 18.4 Å². The van der Waals surface area contributed by atoms with E-state index in [2.05, 4.69) is 27.9 Å². The van der Waals surface area contributed by atoms with E-state index in [9.17, 15) is 9.59 Å². The molecule has 1 aliphatic heterocycles. The normalized spacial score (nSPS) is 15.0. The van der Waals surface area contributed by atoms with Crippen LogP contribution in [0, 0.1) is 3.57 Å². The molecule has 1 saturated heterocycles. The number of benzene rings is 1. The number of anilines is 1. The molecule has 1 aromatic rings. The molecule has 4 nitrogen and oxygen atoms in total. The second-order valence-electron chi connectivity index (χ2n) is 4.09. The summed E-state index contributed by atoms with van der Waals surface area (Å²) in [6.07, 6.45) is 1.37. The number of nitrogens with zero attached hydrogens (tertiary/aromatic N) is 1. The molecule has 6 heteroatoms. The summed E-state index contributed by atoms with van der Waals surface area (Å²) in [5, 5.41) is 3.22. The van der Waals surface area contributed by atoms with Crippen LogP contribution >= 0.6 is 34.2 Å². The van der Waals surface area contributed by atoms with Crippen molar-refractivity contribution in [3.8, 4) is 0 Å². The molecule has 1 aromatic carbocycles. The Morgan fingerprint density at radius 3 is 2.89 bits per heavy atom. The van der Waals surface area contributed by atoms with Crippen molar-refractivity contribution in [3.05, 3.63) is 26.8 Å². The van der Waals surface area contributed by atoms with Gasteiger partial charge in [-0.2, -0.15) is 0 Å². The molecular formula is C12H12ClIN2O2. The Kier molecular flexibility index (Phi) is 4.45. The van der Waals surface area contributed by atoms with Crippen molar-refractivity contribution in [2.45, 2.75) is 12.8 Å². The Labute approximate surface area is 124 Å². The fraction of sp³-hybridized carbons (Fsp3) is 0.333. The highest BCUT2D eigenvalue weighted by atomic mass is 127. The highest BCUT2D eigenvalue weighted by Gasteiger charge is 2.22. The highest BCUT2D eigenvalue weighted by Crippen LogP contribution is 2.23. The van der Waals surface area contributed by atoms with Gasteiger partial charge in [0.1, 0.15) is 0 Å². The molecule has 0 unspecified atom stereocenters. The van der Waals surface area contributed by atoms with Crippen LogP contribution in [0.3, 0.4) is 0 Å².